The lowest BCUT2D eigenvalue weighted by Gasteiger charge is -2.34. The first-order chi connectivity index (χ1) is 19.2. The number of hydrogen-bond acceptors (Lipinski definition) is 4. The van der Waals surface area contributed by atoms with Gasteiger partial charge in [0.2, 0.25) is 11.8 Å². The molecule has 0 spiro atoms. The molecular weight excluding hydrogens is 569 g/mol. The molecule has 3 aromatic carbocycles. The normalized spacial score (nSPS) is 14.5. The summed E-state index contributed by atoms with van der Waals surface area (Å²) in [6.07, 6.45) is 4.29. The molecule has 1 atom stereocenters. The van der Waals surface area contributed by atoms with Crippen LogP contribution in [0.2, 0.25) is 10.0 Å². The van der Waals surface area contributed by atoms with E-state index in [9.17, 15) is 18.0 Å². The van der Waals surface area contributed by atoms with Crippen molar-refractivity contribution in [3.63, 3.8) is 0 Å². The monoisotopic (exact) mass is 601 g/mol. The van der Waals surface area contributed by atoms with Crippen LogP contribution in [0.3, 0.4) is 0 Å². The Hall–Kier alpha value is -3.07. The Labute approximate surface area is 246 Å². The van der Waals surface area contributed by atoms with Crippen molar-refractivity contribution in [2.75, 3.05) is 10.8 Å². The van der Waals surface area contributed by atoms with Crippen molar-refractivity contribution in [2.45, 2.75) is 62.6 Å². The summed E-state index contributed by atoms with van der Waals surface area (Å²) in [5.41, 5.74) is 0.899. The van der Waals surface area contributed by atoms with E-state index in [-0.39, 0.29) is 39.1 Å². The molecule has 0 unspecified atom stereocenters. The van der Waals surface area contributed by atoms with Gasteiger partial charge in [0, 0.05) is 17.6 Å². The van der Waals surface area contributed by atoms with Gasteiger partial charge in [-0.25, -0.2) is 8.42 Å². The van der Waals surface area contributed by atoms with Gasteiger partial charge in [-0.15, -0.1) is 0 Å². The molecule has 0 radical (unpaired) electrons. The Kier molecular flexibility index (Phi) is 10.1. The van der Waals surface area contributed by atoms with Crippen LogP contribution in [0.1, 0.15) is 44.6 Å². The van der Waals surface area contributed by atoms with Gasteiger partial charge < -0.3 is 10.2 Å². The minimum absolute atomic E-state index is 0.000491. The maximum atomic E-state index is 14.1. The summed E-state index contributed by atoms with van der Waals surface area (Å²) in [7, 11) is -4.22. The van der Waals surface area contributed by atoms with Gasteiger partial charge in [-0.1, -0.05) is 91.5 Å². The Bertz CT molecular complexity index is 1420. The second kappa shape index (κ2) is 13.5. The Morgan fingerprint density at radius 2 is 1.57 bits per heavy atom. The number of amides is 2. The Morgan fingerprint density at radius 3 is 2.20 bits per heavy atom. The van der Waals surface area contributed by atoms with Crippen LogP contribution in [0.5, 0.6) is 0 Å². The van der Waals surface area contributed by atoms with Crippen LogP contribution in [0.15, 0.2) is 83.8 Å². The van der Waals surface area contributed by atoms with Crippen LogP contribution in [0.25, 0.3) is 0 Å². The van der Waals surface area contributed by atoms with E-state index in [0.717, 1.165) is 35.6 Å². The second-order valence-electron chi connectivity index (χ2n) is 9.84. The van der Waals surface area contributed by atoms with E-state index < -0.39 is 28.5 Å². The molecule has 7 nitrogen and oxygen atoms in total. The van der Waals surface area contributed by atoms with Gasteiger partial charge in [-0.05, 0) is 55.2 Å². The van der Waals surface area contributed by atoms with E-state index in [1.165, 1.54) is 29.2 Å². The number of hydrogen-bond donors (Lipinski definition) is 1. The molecule has 0 heterocycles. The Morgan fingerprint density at radius 1 is 0.950 bits per heavy atom. The summed E-state index contributed by atoms with van der Waals surface area (Å²) in [6, 6.07) is 20.9. The fourth-order valence-electron chi connectivity index (χ4n) is 4.98. The van der Waals surface area contributed by atoms with E-state index in [2.05, 4.69) is 5.32 Å². The maximum absolute atomic E-state index is 14.1. The number of rotatable bonds is 11. The molecule has 1 aliphatic rings. The van der Waals surface area contributed by atoms with Crippen molar-refractivity contribution in [2.24, 2.45) is 0 Å². The lowest BCUT2D eigenvalue weighted by Crippen LogP contribution is -2.53. The fraction of sp³-hybridized carbons (Fsp3) is 0.333. The summed E-state index contributed by atoms with van der Waals surface area (Å²) < 4.78 is 28.8. The average molecular weight is 603 g/mol. The number of carbonyl (C=O) groups excluding carboxylic acids is 2. The van der Waals surface area contributed by atoms with Gasteiger partial charge in [-0.3, -0.25) is 13.9 Å². The van der Waals surface area contributed by atoms with Crippen LogP contribution in [0, 0.1) is 0 Å². The molecule has 0 bridgehead atoms. The molecular formula is C30H33Cl2N3O4S. The molecule has 40 heavy (non-hydrogen) atoms. The predicted octanol–water partition coefficient (Wildman–Crippen LogP) is 6.05. The van der Waals surface area contributed by atoms with Gasteiger partial charge in [0.1, 0.15) is 12.6 Å². The van der Waals surface area contributed by atoms with E-state index in [0.29, 0.717) is 6.42 Å². The highest BCUT2D eigenvalue weighted by Gasteiger charge is 2.35. The lowest BCUT2D eigenvalue weighted by molar-refractivity contribution is -0.140. The highest BCUT2D eigenvalue weighted by Crippen LogP contribution is 2.33. The number of halogens is 2. The first-order valence-corrected chi connectivity index (χ1v) is 15.6. The summed E-state index contributed by atoms with van der Waals surface area (Å²) in [4.78, 5) is 29.0. The van der Waals surface area contributed by atoms with E-state index >= 15 is 0 Å². The van der Waals surface area contributed by atoms with Crippen LogP contribution < -0.4 is 9.62 Å². The minimum Gasteiger partial charge on any atom is -0.352 e. The predicted molar refractivity (Wildman–Crippen MR) is 159 cm³/mol. The number of nitrogens with zero attached hydrogens (tertiary/aromatic N) is 2. The molecule has 10 heteroatoms. The molecule has 1 N–H and O–H groups in total. The number of carbonyl (C=O) groups is 2. The number of nitrogens with one attached hydrogen (secondary N) is 1. The molecule has 2 amide bonds. The third kappa shape index (κ3) is 7.16. The molecule has 3 aromatic rings. The van der Waals surface area contributed by atoms with Crippen molar-refractivity contribution in [3.8, 4) is 0 Å². The summed E-state index contributed by atoms with van der Waals surface area (Å²) in [5.74, 6) is -0.773. The van der Waals surface area contributed by atoms with Crippen molar-refractivity contribution in [1.82, 2.24) is 10.2 Å². The van der Waals surface area contributed by atoms with Gasteiger partial charge in [0.25, 0.3) is 10.0 Å². The quantitative estimate of drug-likeness (QED) is 0.289. The summed E-state index contributed by atoms with van der Waals surface area (Å²) in [6.45, 7) is 1.41. The zero-order valence-electron chi connectivity index (χ0n) is 22.3. The number of benzene rings is 3. The van der Waals surface area contributed by atoms with Crippen LogP contribution >= 0.6 is 23.2 Å². The van der Waals surface area contributed by atoms with Crippen LogP contribution in [0.4, 0.5) is 5.69 Å². The van der Waals surface area contributed by atoms with Crippen molar-refractivity contribution in [1.29, 1.82) is 0 Å². The standard InChI is InChI=1S/C30H33Cl2N3O4S/c1-2-27(30(37)33-24-13-9-10-14-24)34(20-22-11-5-3-6-12-22)29(36)21-35(28-19-23(31)17-18-26(28)32)40(38,39)25-15-7-4-8-16-25/h3-8,11-12,15-19,24,27H,2,9-10,13-14,20-21H2,1H3,(H,33,37)/t27-/m0/s1. The third-order valence-electron chi connectivity index (χ3n) is 7.07. The molecule has 0 aromatic heterocycles. The highest BCUT2D eigenvalue weighted by atomic mass is 35.5. The molecule has 1 saturated carbocycles. The van der Waals surface area contributed by atoms with Crippen LogP contribution in [-0.2, 0) is 26.2 Å². The lowest BCUT2D eigenvalue weighted by atomic mass is 10.1. The fourth-order valence-corrected chi connectivity index (χ4v) is 6.86. The van der Waals surface area contributed by atoms with Crippen molar-refractivity contribution in [3.05, 3.63) is 94.5 Å². The molecule has 0 aliphatic heterocycles. The molecule has 0 saturated heterocycles. The van der Waals surface area contributed by atoms with Gasteiger partial charge >= 0.3 is 0 Å². The van der Waals surface area contributed by atoms with Gasteiger partial charge in [0.15, 0.2) is 0 Å². The second-order valence-corrected chi connectivity index (χ2v) is 12.5. The first kappa shape index (κ1) is 29.9. The van der Waals surface area contributed by atoms with Crippen LogP contribution in [-0.4, -0.2) is 43.8 Å². The van der Waals surface area contributed by atoms with E-state index in [1.807, 2.05) is 37.3 Å². The highest BCUT2D eigenvalue weighted by molar-refractivity contribution is 7.92. The summed E-state index contributed by atoms with van der Waals surface area (Å²) >= 11 is 12.7. The zero-order valence-corrected chi connectivity index (χ0v) is 24.6. The van der Waals surface area contributed by atoms with Gasteiger partial charge in [0.05, 0.1) is 15.6 Å². The summed E-state index contributed by atoms with van der Waals surface area (Å²) in [5, 5.41) is 3.50. The number of anilines is 1. The maximum Gasteiger partial charge on any atom is 0.264 e. The van der Waals surface area contributed by atoms with Gasteiger partial charge in [-0.2, -0.15) is 0 Å². The SMILES string of the molecule is CC[C@@H](C(=O)NC1CCCC1)N(Cc1ccccc1)C(=O)CN(c1cc(Cl)ccc1Cl)S(=O)(=O)c1ccccc1. The van der Waals surface area contributed by atoms with Crippen molar-refractivity contribution >= 4 is 50.7 Å². The largest absolute Gasteiger partial charge is 0.352 e. The zero-order chi connectivity index (χ0) is 28.7. The topological polar surface area (TPSA) is 86.8 Å². The average Bonchev–Trinajstić information content (AvgIpc) is 3.47. The molecule has 1 aliphatic carbocycles. The number of sulfonamides is 1. The third-order valence-corrected chi connectivity index (χ3v) is 9.40. The first-order valence-electron chi connectivity index (χ1n) is 13.4. The molecule has 212 valence electrons. The van der Waals surface area contributed by atoms with E-state index in [1.54, 1.807) is 24.3 Å². The Balaban J connectivity index is 1.72. The van der Waals surface area contributed by atoms with E-state index in [4.69, 9.17) is 23.2 Å². The minimum atomic E-state index is -4.22. The smallest absolute Gasteiger partial charge is 0.264 e. The molecule has 1 fully saturated rings. The van der Waals surface area contributed by atoms with Crippen molar-refractivity contribution < 1.29 is 18.0 Å². The molecule has 4 rings (SSSR count).